The van der Waals surface area contributed by atoms with E-state index in [2.05, 4.69) is 5.32 Å². The molecule has 1 amide bonds. The standard InChI is InChI=1S/C20H23NO4S/c1-12-7-6-8-14(11-12)25-13(2)18(22)21-19-17(20(23)24-3)15-9-4-5-10-16(15)26-19/h6-8,11,13H,4-5,9-10H2,1-3H3,(H,21,22). The van der Waals surface area contributed by atoms with Gasteiger partial charge in [-0.15, -0.1) is 11.3 Å². The lowest BCUT2D eigenvalue weighted by atomic mass is 9.95. The Balaban J connectivity index is 1.78. The second-order valence-electron chi connectivity index (χ2n) is 6.47. The van der Waals surface area contributed by atoms with Crippen molar-refractivity contribution in [2.45, 2.75) is 45.6 Å². The van der Waals surface area contributed by atoms with Gasteiger partial charge in [0.15, 0.2) is 6.10 Å². The van der Waals surface area contributed by atoms with Crippen LogP contribution in [0.15, 0.2) is 24.3 Å². The molecular formula is C20H23NO4S. The van der Waals surface area contributed by atoms with Crippen molar-refractivity contribution in [2.24, 2.45) is 0 Å². The minimum atomic E-state index is -0.679. The number of ether oxygens (including phenoxy) is 2. The minimum absolute atomic E-state index is 0.282. The molecule has 0 radical (unpaired) electrons. The number of carbonyl (C=O) groups excluding carboxylic acids is 2. The van der Waals surface area contributed by atoms with Gasteiger partial charge < -0.3 is 14.8 Å². The highest BCUT2D eigenvalue weighted by molar-refractivity contribution is 7.17. The lowest BCUT2D eigenvalue weighted by Crippen LogP contribution is -2.30. The molecule has 1 aliphatic carbocycles. The number of fused-ring (bicyclic) bond motifs is 1. The number of benzene rings is 1. The Morgan fingerprint density at radius 1 is 1.23 bits per heavy atom. The molecule has 0 bridgehead atoms. The molecule has 1 aromatic heterocycles. The lowest BCUT2D eigenvalue weighted by molar-refractivity contribution is -0.122. The van der Waals surface area contributed by atoms with Crippen molar-refractivity contribution in [3.63, 3.8) is 0 Å². The van der Waals surface area contributed by atoms with E-state index in [0.717, 1.165) is 36.8 Å². The van der Waals surface area contributed by atoms with E-state index in [1.54, 1.807) is 6.92 Å². The van der Waals surface area contributed by atoms with E-state index in [1.165, 1.54) is 23.3 Å². The Hall–Kier alpha value is -2.34. The summed E-state index contributed by atoms with van der Waals surface area (Å²) in [6, 6.07) is 7.56. The first-order chi connectivity index (χ1) is 12.5. The maximum Gasteiger partial charge on any atom is 0.341 e. The Morgan fingerprint density at radius 2 is 2.00 bits per heavy atom. The molecule has 26 heavy (non-hydrogen) atoms. The summed E-state index contributed by atoms with van der Waals surface area (Å²) in [6.45, 7) is 3.67. The third kappa shape index (κ3) is 3.90. The molecule has 0 spiro atoms. The third-order valence-electron chi connectivity index (χ3n) is 4.47. The first kappa shape index (κ1) is 18.5. The molecule has 1 unspecified atom stereocenters. The van der Waals surface area contributed by atoms with Crippen LogP contribution in [-0.4, -0.2) is 25.1 Å². The highest BCUT2D eigenvalue weighted by atomic mass is 32.1. The van der Waals surface area contributed by atoms with Crippen molar-refractivity contribution in [3.8, 4) is 5.75 Å². The van der Waals surface area contributed by atoms with Crippen molar-refractivity contribution >= 4 is 28.2 Å². The number of hydrogen-bond donors (Lipinski definition) is 1. The van der Waals surface area contributed by atoms with Crippen LogP contribution in [0.4, 0.5) is 5.00 Å². The van der Waals surface area contributed by atoms with E-state index < -0.39 is 12.1 Å². The Morgan fingerprint density at radius 3 is 2.73 bits per heavy atom. The van der Waals surface area contributed by atoms with Crippen molar-refractivity contribution in [3.05, 3.63) is 45.8 Å². The molecule has 0 fully saturated rings. The number of esters is 1. The van der Waals surface area contributed by atoms with E-state index in [0.29, 0.717) is 16.3 Å². The summed E-state index contributed by atoms with van der Waals surface area (Å²) in [5.41, 5.74) is 2.59. The number of rotatable bonds is 5. The normalized spacial score (nSPS) is 14.3. The maximum atomic E-state index is 12.6. The Kier molecular flexibility index (Phi) is 5.61. The predicted molar refractivity (Wildman–Crippen MR) is 102 cm³/mol. The quantitative estimate of drug-likeness (QED) is 0.801. The molecule has 3 rings (SSSR count). The third-order valence-corrected chi connectivity index (χ3v) is 5.68. The number of anilines is 1. The summed E-state index contributed by atoms with van der Waals surface area (Å²) >= 11 is 1.47. The van der Waals surface area contributed by atoms with Gasteiger partial charge in [0.05, 0.1) is 12.7 Å². The number of methoxy groups -OCH3 is 1. The largest absolute Gasteiger partial charge is 0.481 e. The fourth-order valence-corrected chi connectivity index (χ4v) is 4.41. The van der Waals surface area contributed by atoms with E-state index in [9.17, 15) is 9.59 Å². The van der Waals surface area contributed by atoms with Crippen molar-refractivity contribution < 1.29 is 19.1 Å². The van der Waals surface area contributed by atoms with Gasteiger partial charge in [-0.1, -0.05) is 12.1 Å². The van der Waals surface area contributed by atoms with Crippen molar-refractivity contribution in [1.29, 1.82) is 0 Å². The first-order valence-corrected chi connectivity index (χ1v) is 9.58. The molecule has 0 saturated heterocycles. The molecule has 1 aromatic carbocycles. The van der Waals surface area contributed by atoms with Gasteiger partial charge in [0.25, 0.3) is 5.91 Å². The minimum Gasteiger partial charge on any atom is -0.481 e. The van der Waals surface area contributed by atoms with Gasteiger partial charge in [-0.2, -0.15) is 0 Å². The molecule has 1 aliphatic rings. The van der Waals surface area contributed by atoms with Crippen LogP contribution in [-0.2, 0) is 22.4 Å². The lowest BCUT2D eigenvalue weighted by Gasteiger charge is -2.15. The van der Waals surface area contributed by atoms with Gasteiger partial charge in [0.2, 0.25) is 0 Å². The van der Waals surface area contributed by atoms with E-state index >= 15 is 0 Å². The summed E-state index contributed by atoms with van der Waals surface area (Å²) in [5, 5.41) is 3.43. The molecule has 2 aromatic rings. The van der Waals surface area contributed by atoms with Gasteiger partial charge in [-0.25, -0.2) is 4.79 Å². The highest BCUT2D eigenvalue weighted by Gasteiger charge is 2.28. The van der Waals surface area contributed by atoms with Crippen LogP contribution in [0.5, 0.6) is 5.75 Å². The number of amides is 1. The molecule has 138 valence electrons. The maximum absolute atomic E-state index is 12.6. The second-order valence-corrected chi connectivity index (χ2v) is 7.58. The molecule has 6 heteroatoms. The van der Waals surface area contributed by atoms with Crippen LogP contribution < -0.4 is 10.1 Å². The fraction of sp³-hybridized carbons (Fsp3) is 0.400. The predicted octanol–water partition coefficient (Wildman–Crippen LogP) is 4.13. The molecule has 1 N–H and O–H groups in total. The number of nitrogens with one attached hydrogen (secondary N) is 1. The van der Waals surface area contributed by atoms with Crippen LogP contribution in [0.3, 0.4) is 0 Å². The smallest absolute Gasteiger partial charge is 0.341 e. The van der Waals surface area contributed by atoms with E-state index in [4.69, 9.17) is 9.47 Å². The summed E-state index contributed by atoms with van der Waals surface area (Å²) < 4.78 is 10.7. The monoisotopic (exact) mass is 373 g/mol. The van der Waals surface area contributed by atoms with Crippen molar-refractivity contribution in [2.75, 3.05) is 12.4 Å². The van der Waals surface area contributed by atoms with Gasteiger partial charge in [-0.3, -0.25) is 4.79 Å². The number of thiophene rings is 1. The van der Waals surface area contributed by atoms with Gasteiger partial charge in [-0.05, 0) is 62.8 Å². The van der Waals surface area contributed by atoms with Crippen LogP contribution in [0.25, 0.3) is 0 Å². The number of aryl methyl sites for hydroxylation is 2. The zero-order chi connectivity index (χ0) is 18.7. The van der Waals surface area contributed by atoms with Gasteiger partial charge in [0, 0.05) is 4.88 Å². The van der Waals surface area contributed by atoms with Gasteiger partial charge in [0.1, 0.15) is 10.8 Å². The molecular weight excluding hydrogens is 350 g/mol. The summed E-state index contributed by atoms with van der Waals surface area (Å²) in [6.07, 6.45) is 3.26. The number of carbonyl (C=O) groups is 2. The fourth-order valence-electron chi connectivity index (χ4n) is 3.13. The number of hydrogen-bond acceptors (Lipinski definition) is 5. The molecule has 5 nitrogen and oxygen atoms in total. The van der Waals surface area contributed by atoms with E-state index in [-0.39, 0.29) is 5.91 Å². The molecule has 1 atom stereocenters. The summed E-state index contributed by atoms with van der Waals surface area (Å²) in [7, 11) is 1.37. The van der Waals surface area contributed by atoms with Crippen molar-refractivity contribution in [1.82, 2.24) is 0 Å². The SMILES string of the molecule is COC(=O)c1c(NC(=O)C(C)Oc2cccc(C)c2)sc2c1CCCC2. The van der Waals surface area contributed by atoms with Crippen LogP contribution >= 0.6 is 11.3 Å². The zero-order valence-electron chi connectivity index (χ0n) is 15.3. The topological polar surface area (TPSA) is 64.6 Å². The Bertz CT molecular complexity index is 827. The van der Waals surface area contributed by atoms with E-state index in [1.807, 2.05) is 31.2 Å². The summed E-state index contributed by atoms with van der Waals surface area (Å²) in [5.74, 6) is -0.0338. The van der Waals surface area contributed by atoms with Gasteiger partial charge >= 0.3 is 5.97 Å². The molecule has 0 saturated carbocycles. The average Bonchev–Trinajstić information content (AvgIpc) is 2.98. The second kappa shape index (κ2) is 7.91. The molecule has 0 aliphatic heterocycles. The first-order valence-electron chi connectivity index (χ1n) is 8.76. The Labute approximate surface area is 157 Å². The van der Waals surface area contributed by atoms with Crippen LogP contribution in [0.1, 0.15) is 46.1 Å². The molecule has 1 heterocycles. The zero-order valence-corrected chi connectivity index (χ0v) is 16.1. The van der Waals surface area contributed by atoms with Crippen LogP contribution in [0, 0.1) is 6.92 Å². The highest BCUT2D eigenvalue weighted by Crippen LogP contribution is 2.38. The average molecular weight is 373 g/mol. The summed E-state index contributed by atoms with van der Waals surface area (Å²) in [4.78, 5) is 26.0. The van der Waals surface area contributed by atoms with Crippen LogP contribution in [0.2, 0.25) is 0 Å².